The fourth-order valence-corrected chi connectivity index (χ4v) is 7.63. The van der Waals surface area contributed by atoms with Gasteiger partial charge in [-0.1, -0.05) is 35.5 Å². The Labute approximate surface area is 191 Å². The molecule has 2 atom stereocenters. The van der Waals surface area contributed by atoms with E-state index in [2.05, 4.69) is 4.99 Å². The smallest absolute Gasteiger partial charge is 0.418 e. The SMILES string of the molecule is O=C(COc1ccc(Cl)cc1)N=C1SC2CS(=O)(=O)CC2N1c1ccccc1C(F)(F)F. The van der Waals surface area contributed by atoms with Crippen molar-refractivity contribution in [1.82, 2.24) is 0 Å². The van der Waals surface area contributed by atoms with Crippen molar-refractivity contribution in [1.29, 1.82) is 0 Å². The minimum atomic E-state index is -4.66. The Balaban J connectivity index is 1.64. The fraction of sp³-hybridized carbons (Fsp3) is 0.300. The van der Waals surface area contributed by atoms with Gasteiger partial charge in [-0.15, -0.1) is 0 Å². The second kappa shape index (κ2) is 8.60. The number of benzene rings is 2. The van der Waals surface area contributed by atoms with Gasteiger partial charge in [0.1, 0.15) is 5.75 Å². The lowest BCUT2D eigenvalue weighted by Crippen LogP contribution is -2.39. The second-order valence-electron chi connectivity index (χ2n) is 7.22. The monoisotopic (exact) mass is 504 g/mol. The van der Waals surface area contributed by atoms with Crippen LogP contribution in [-0.4, -0.2) is 48.9 Å². The number of halogens is 4. The topological polar surface area (TPSA) is 76.0 Å². The highest BCUT2D eigenvalue weighted by atomic mass is 35.5. The minimum Gasteiger partial charge on any atom is -0.484 e. The fourth-order valence-electron chi connectivity index (χ4n) is 3.58. The Bertz CT molecular complexity index is 1170. The van der Waals surface area contributed by atoms with E-state index in [0.29, 0.717) is 10.8 Å². The highest BCUT2D eigenvalue weighted by Crippen LogP contribution is 2.45. The molecule has 0 saturated carbocycles. The highest BCUT2D eigenvalue weighted by Gasteiger charge is 2.51. The highest BCUT2D eigenvalue weighted by molar-refractivity contribution is 8.16. The summed E-state index contributed by atoms with van der Waals surface area (Å²) in [5.41, 5.74) is -1.16. The van der Waals surface area contributed by atoms with Gasteiger partial charge in [-0.3, -0.25) is 4.79 Å². The molecule has 32 heavy (non-hydrogen) atoms. The number of carbonyl (C=O) groups is 1. The van der Waals surface area contributed by atoms with Crippen LogP contribution in [0.4, 0.5) is 18.9 Å². The number of ether oxygens (including phenoxy) is 1. The largest absolute Gasteiger partial charge is 0.484 e. The van der Waals surface area contributed by atoms with Gasteiger partial charge in [-0.05, 0) is 36.4 Å². The average molecular weight is 505 g/mol. The van der Waals surface area contributed by atoms with Crippen molar-refractivity contribution in [2.24, 2.45) is 4.99 Å². The summed E-state index contributed by atoms with van der Waals surface area (Å²) < 4.78 is 70.5. The Hall–Kier alpha value is -2.24. The Morgan fingerprint density at radius 3 is 2.53 bits per heavy atom. The summed E-state index contributed by atoms with van der Waals surface area (Å²) in [5.74, 6) is -0.837. The number of amidine groups is 1. The van der Waals surface area contributed by atoms with E-state index >= 15 is 0 Å². The first-order valence-electron chi connectivity index (χ1n) is 9.36. The van der Waals surface area contributed by atoms with E-state index in [9.17, 15) is 26.4 Å². The molecular formula is C20H16ClF3N2O4S2. The maximum Gasteiger partial charge on any atom is 0.418 e. The van der Waals surface area contributed by atoms with Gasteiger partial charge < -0.3 is 9.64 Å². The molecule has 0 N–H and O–H groups in total. The Morgan fingerprint density at radius 1 is 1.16 bits per heavy atom. The molecule has 0 spiro atoms. The first kappa shape index (κ1) is 22.9. The number of aliphatic imine (C=N–C) groups is 1. The standard InChI is InChI=1S/C20H16ClF3N2O4S2/c21-12-5-7-13(8-6-12)30-9-18(27)25-19-26(16-10-32(28,29)11-17(16)31-19)15-4-2-1-3-14(15)20(22,23)24/h1-8,16-17H,9-11H2. The van der Waals surface area contributed by atoms with Crippen molar-refractivity contribution in [3.8, 4) is 5.75 Å². The number of thioether (sulfide) groups is 1. The van der Waals surface area contributed by atoms with Gasteiger partial charge in [0.15, 0.2) is 21.6 Å². The van der Waals surface area contributed by atoms with Gasteiger partial charge in [0, 0.05) is 10.3 Å². The van der Waals surface area contributed by atoms with Crippen LogP contribution < -0.4 is 9.64 Å². The van der Waals surface area contributed by atoms with E-state index in [0.717, 1.165) is 17.8 Å². The zero-order valence-corrected chi connectivity index (χ0v) is 18.6. The van der Waals surface area contributed by atoms with Crippen LogP contribution >= 0.6 is 23.4 Å². The molecular weight excluding hydrogens is 489 g/mol. The van der Waals surface area contributed by atoms with E-state index in [-0.39, 0.29) is 22.4 Å². The van der Waals surface area contributed by atoms with Crippen LogP contribution in [0, 0.1) is 0 Å². The van der Waals surface area contributed by atoms with E-state index in [1.165, 1.54) is 23.1 Å². The van der Waals surface area contributed by atoms with Crippen molar-refractivity contribution in [3.05, 3.63) is 59.1 Å². The molecule has 2 aliphatic rings. The predicted molar refractivity (Wildman–Crippen MR) is 117 cm³/mol. The van der Waals surface area contributed by atoms with Gasteiger partial charge in [0.25, 0.3) is 5.91 Å². The number of sulfone groups is 1. The average Bonchev–Trinajstić information content (AvgIpc) is 3.17. The van der Waals surface area contributed by atoms with Crippen molar-refractivity contribution in [3.63, 3.8) is 0 Å². The maximum absolute atomic E-state index is 13.6. The number of alkyl halides is 3. The van der Waals surface area contributed by atoms with Crippen molar-refractivity contribution in [2.75, 3.05) is 23.0 Å². The third kappa shape index (κ3) is 4.89. The summed E-state index contributed by atoms with van der Waals surface area (Å²) in [4.78, 5) is 17.6. The molecule has 4 rings (SSSR count). The molecule has 2 saturated heterocycles. The van der Waals surface area contributed by atoms with Crippen molar-refractivity contribution < 1.29 is 31.1 Å². The summed E-state index contributed by atoms with van der Waals surface area (Å²) in [6.07, 6.45) is -4.66. The first-order valence-corrected chi connectivity index (χ1v) is 12.4. The summed E-state index contributed by atoms with van der Waals surface area (Å²) in [7, 11) is -3.42. The number of fused-ring (bicyclic) bond motifs is 1. The Morgan fingerprint density at radius 2 is 1.84 bits per heavy atom. The molecule has 2 fully saturated rings. The van der Waals surface area contributed by atoms with Crippen LogP contribution in [0.25, 0.3) is 0 Å². The number of anilines is 1. The van der Waals surface area contributed by atoms with Gasteiger partial charge >= 0.3 is 6.18 Å². The minimum absolute atomic E-state index is 0.0244. The lowest BCUT2D eigenvalue weighted by Gasteiger charge is -2.27. The molecule has 2 aromatic carbocycles. The number of para-hydroxylation sites is 1. The third-order valence-corrected chi connectivity index (χ3v) is 8.39. The predicted octanol–water partition coefficient (Wildman–Crippen LogP) is 4.04. The number of carbonyl (C=O) groups excluding carboxylic acids is 1. The van der Waals surface area contributed by atoms with E-state index in [4.69, 9.17) is 16.3 Å². The summed E-state index contributed by atoms with van der Waals surface area (Å²) in [6.45, 7) is -0.436. The van der Waals surface area contributed by atoms with E-state index in [1.807, 2.05) is 0 Å². The van der Waals surface area contributed by atoms with Gasteiger partial charge in [-0.2, -0.15) is 18.2 Å². The summed E-state index contributed by atoms with van der Waals surface area (Å²) in [6, 6.07) is 10.4. The molecule has 1 amide bonds. The number of hydrogen-bond acceptors (Lipinski definition) is 5. The molecule has 170 valence electrons. The molecule has 2 aliphatic heterocycles. The van der Waals surface area contributed by atoms with E-state index in [1.54, 1.807) is 24.3 Å². The summed E-state index contributed by atoms with van der Waals surface area (Å²) >= 11 is 6.79. The molecule has 6 nitrogen and oxygen atoms in total. The third-order valence-electron chi connectivity index (χ3n) is 4.93. The number of hydrogen-bond donors (Lipinski definition) is 0. The van der Waals surface area contributed by atoms with Gasteiger partial charge in [-0.25, -0.2) is 8.42 Å². The molecule has 2 unspecified atom stereocenters. The second-order valence-corrected chi connectivity index (χ2v) is 11.0. The van der Waals surface area contributed by atoms with Gasteiger partial charge in [0.05, 0.1) is 28.8 Å². The van der Waals surface area contributed by atoms with Gasteiger partial charge in [0.2, 0.25) is 0 Å². The van der Waals surface area contributed by atoms with Crippen molar-refractivity contribution in [2.45, 2.75) is 17.5 Å². The number of nitrogens with zero attached hydrogens (tertiary/aromatic N) is 2. The lowest BCUT2D eigenvalue weighted by atomic mass is 10.1. The van der Waals surface area contributed by atoms with Crippen LogP contribution in [0.5, 0.6) is 5.75 Å². The molecule has 12 heteroatoms. The van der Waals surface area contributed by atoms with Crippen molar-refractivity contribution >= 4 is 50.0 Å². The van der Waals surface area contributed by atoms with Crippen LogP contribution in [0.2, 0.25) is 5.02 Å². The molecule has 0 radical (unpaired) electrons. The van der Waals surface area contributed by atoms with Crippen LogP contribution in [-0.2, 0) is 20.8 Å². The van der Waals surface area contributed by atoms with Crippen LogP contribution in [0.3, 0.4) is 0 Å². The molecule has 0 aliphatic carbocycles. The number of amides is 1. The molecule has 2 heterocycles. The normalized spacial score (nSPS) is 23.4. The van der Waals surface area contributed by atoms with E-state index < -0.39 is 45.4 Å². The Kier molecular flexibility index (Phi) is 6.17. The molecule has 0 aromatic heterocycles. The zero-order valence-electron chi connectivity index (χ0n) is 16.3. The molecule has 0 bridgehead atoms. The molecule has 2 aromatic rings. The lowest BCUT2D eigenvalue weighted by molar-refractivity contribution is -0.137. The summed E-state index contributed by atoms with van der Waals surface area (Å²) in [5, 5.41) is -0.00642. The zero-order chi connectivity index (χ0) is 23.1. The first-order chi connectivity index (χ1) is 15.0. The van der Waals surface area contributed by atoms with Crippen LogP contribution in [0.15, 0.2) is 53.5 Å². The quantitative estimate of drug-likeness (QED) is 0.625. The number of rotatable bonds is 4. The maximum atomic E-state index is 13.6. The van der Waals surface area contributed by atoms with Crippen LogP contribution in [0.1, 0.15) is 5.56 Å².